The molecule has 0 saturated carbocycles. The fraction of sp³-hybridized carbons (Fsp3) is 0.409. The molecule has 1 fully saturated rings. The van der Waals surface area contributed by atoms with Gasteiger partial charge in [-0.2, -0.15) is 0 Å². The topological polar surface area (TPSA) is 79.0 Å². The summed E-state index contributed by atoms with van der Waals surface area (Å²) in [5.41, 5.74) is 0.935. The Morgan fingerprint density at radius 3 is 2.53 bits per heavy atom. The van der Waals surface area contributed by atoms with Crippen LogP contribution in [0, 0.1) is 0 Å². The zero-order valence-electron chi connectivity index (χ0n) is 17.3. The summed E-state index contributed by atoms with van der Waals surface area (Å²) in [6, 6.07) is 15.2. The van der Waals surface area contributed by atoms with Crippen LogP contribution in [0.15, 0.2) is 59.5 Å². The molecule has 2 aromatic rings. The van der Waals surface area contributed by atoms with Crippen LogP contribution < -0.4 is 9.62 Å². The summed E-state index contributed by atoms with van der Waals surface area (Å²) < 4.78 is 33.0. The van der Waals surface area contributed by atoms with E-state index >= 15 is 0 Å². The number of benzene rings is 2. The molecule has 0 aromatic heterocycles. The third kappa shape index (κ3) is 5.59. The Hall–Kier alpha value is -2.42. The Balaban J connectivity index is 1.63. The van der Waals surface area contributed by atoms with Crippen LogP contribution in [0.25, 0.3) is 0 Å². The van der Waals surface area contributed by atoms with Crippen molar-refractivity contribution in [3.63, 3.8) is 0 Å². The van der Waals surface area contributed by atoms with Crippen LogP contribution in [0.3, 0.4) is 0 Å². The maximum atomic E-state index is 13.2. The van der Waals surface area contributed by atoms with Crippen molar-refractivity contribution in [2.45, 2.75) is 18.2 Å². The fourth-order valence-electron chi connectivity index (χ4n) is 3.44. The van der Waals surface area contributed by atoms with Crippen LogP contribution in [-0.2, 0) is 14.8 Å². The predicted octanol–water partition coefficient (Wildman–Crippen LogP) is 2.35. The summed E-state index contributed by atoms with van der Waals surface area (Å²) in [5, 5.41) is 2.89. The van der Waals surface area contributed by atoms with E-state index in [2.05, 4.69) is 10.2 Å². The number of nitrogens with zero attached hydrogens (tertiary/aromatic N) is 2. The lowest BCUT2D eigenvalue weighted by Crippen LogP contribution is -2.38. The summed E-state index contributed by atoms with van der Waals surface area (Å²) in [7, 11) is -3.77. The zero-order chi connectivity index (χ0) is 21.4. The Morgan fingerprint density at radius 2 is 1.83 bits per heavy atom. The average molecular weight is 432 g/mol. The van der Waals surface area contributed by atoms with Crippen LogP contribution in [0.2, 0.25) is 0 Å². The minimum atomic E-state index is -3.77. The quantitative estimate of drug-likeness (QED) is 0.617. The molecule has 1 heterocycles. The number of sulfonamides is 1. The first-order valence-corrected chi connectivity index (χ1v) is 11.7. The van der Waals surface area contributed by atoms with Crippen molar-refractivity contribution < 1.29 is 17.9 Å². The molecule has 0 unspecified atom stereocenters. The minimum absolute atomic E-state index is 0.106. The van der Waals surface area contributed by atoms with E-state index in [1.54, 1.807) is 43.3 Å². The molecule has 1 saturated heterocycles. The standard InChI is InChI=1S/C22H29N3O4S/c1-2-25(20-9-4-3-5-10-20)30(27,28)21-11-6-8-19(18-21)22(26)23-12-7-13-24-14-16-29-17-15-24/h3-6,8-11,18H,2,7,12-17H2,1H3,(H,23,26). The van der Waals surface area contributed by atoms with Crippen LogP contribution in [0.5, 0.6) is 0 Å². The molecule has 0 atom stereocenters. The van der Waals surface area contributed by atoms with Gasteiger partial charge in [-0.05, 0) is 50.2 Å². The van der Waals surface area contributed by atoms with Gasteiger partial charge in [-0.15, -0.1) is 0 Å². The maximum Gasteiger partial charge on any atom is 0.264 e. The molecule has 30 heavy (non-hydrogen) atoms. The molecule has 1 N–H and O–H groups in total. The number of hydrogen-bond donors (Lipinski definition) is 1. The summed E-state index contributed by atoms with van der Waals surface area (Å²) in [4.78, 5) is 14.9. The van der Waals surface area contributed by atoms with E-state index in [-0.39, 0.29) is 10.8 Å². The molecule has 3 rings (SSSR count). The Labute approximate surface area is 178 Å². The van der Waals surface area contributed by atoms with Crippen molar-refractivity contribution in [3.8, 4) is 0 Å². The van der Waals surface area contributed by atoms with Gasteiger partial charge in [0.25, 0.3) is 15.9 Å². The van der Waals surface area contributed by atoms with Gasteiger partial charge < -0.3 is 10.1 Å². The highest BCUT2D eigenvalue weighted by Gasteiger charge is 2.24. The van der Waals surface area contributed by atoms with E-state index in [9.17, 15) is 13.2 Å². The van der Waals surface area contributed by atoms with Gasteiger partial charge >= 0.3 is 0 Å². The van der Waals surface area contributed by atoms with Gasteiger partial charge in [0, 0.05) is 31.7 Å². The number of carbonyl (C=O) groups is 1. The van der Waals surface area contributed by atoms with Crippen molar-refractivity contribution in [1.82, 2.24) is 10.2 Å². The number of amides is 1. The van der Waals surface area contributed by atoms with Gasteiger partial charge in [0.2, 0.25) is 0 Å². The zero-order valence-corrected chi connectivity index (χ0v) is 18.1. The highest BCUT2D eigenvalue weighted by molar-refractivity contribution is 7.92. The van der Waals surface area contributed by atoms with Gasteiger partial charge in [0.15, 0.2) is 0 Å². The van der Waals surface area contributed by atoms with Crippen molar-refractivity contribution >= 4 is 21.6 Å². The number of para-hydroxylation sites is 1. The normalized spacial score (nSPS) is 15.0. The predicted molar refractivity (Wildman–Crippen MR) is 117 cm³/mol. The van der Waals surface area contributed by atoms with Gasteiger partial charge in [-0.3, -0.25) is 14.0 Å². The molecule has 162 valence electrons. The van der Waals surface area contributed by atoms with Crippen molar-refractivity contribution in [2.75, 3.05) is 50.2 Å². The summed E-state index contributed by atoms with van der Waals surface area (Å²) in [5.74, 6) is -0.267. The lowest BCUT2D eigenvalue weighted by Gasteiger charge is -2.26. The molecule has 8 heteroatoms. The highest BCUT2D eigenvalue weighted by atomic mass is 32.2. The van der Waals surface area contributed by atoms with E-state index in [1.807, 2.05) is 6.07 Å². The lowest BCUT2D eigenvalue weighted by atomic mass is 10.2. The van der Waals surface area contributed by atoms with Gasteiger partial charge in [-0.25, -0.2) is 8.42 Å². The average Bonchev–Trinajstić information content (AvgIpc) is 2.78. The number of nitrogens with one attached hydrogen (secondary N) is 1. The molecule has 0 radical (unpaired) electrons. The highest BCUT2D eigenvalue weighted by Crippen LogP contribution is 2.23. The van der Waals surface area contributed by atoms with Crippen molar-refractivity contribution in [1.29, 1.82) is 0 Å². The first-order chi connectivity index (χ1) is 14.5. The number of carbonyl (C=O) groups excluding carboxylic acids is 1. The molecular formula is C22H29N3O4S. The number of morpholine rings is 1. The van der Waals surface area contributed by atoms with Gasteiger partial charge in [-0.1, -0.05) is 24.3 Å². The van der Waals surface area contributed by atoms with E-state index in [0.29, 0.717) is 24.3 Å². The molecule has 1 amide bonds. The van der Waals surface area contributed by atoms with E-state index < -0.39 is 10.0 Å². The molecule has 1 aliphatic heterocycles. The largest absolute Gasteiger partial charge is 0.379 e. The summed E-state index contributed by atoms with van der Waals surface area (Å²) in [6.07, 6.45) is 0.835. The Kier molecular flexibility index (Phi) is 7.84. The van der Waals surface area contributed by atoms with E-state index in [4.69, 9.17) is 4.74 Å². The van der Waals surface area contributed by atoms with E-state index in [0.717, 1.165) is 39.3 Å². The Bertz CT molecular complexity index is 928. The van der Waals surface area contributed by atoms with Crippen LogP contribution >= 0.6 is 0 Å². The molecule has 1 aliphatic rings. The first-order valence-electron chi connectivity index (χ1n) is 10.3. The molecule has 7 nitrogen and oxygen atoms in total. The van der Waals surface area contributed by atoms with Gasteiger partial charge in [0.05, 0.1) is 23.8 Å². The molecule has 0 bridgehead atoms. The third-order valence-electron chi connectivity index (χ3n) is 5.06. The lowest BCUT2D eigenvalue weighted by molar-refractivity contribution is 0.0374. The van der Waals surface area contributed by atoms with Crippen molar-refractivity contribution in [3.05, 3.63) is 60.2 Å². The fourth-order valence-corrected chi connectivity index (χ4v) is 4.96. The van der Waals surface area contributed by atoms with Crippen molar-refractivity contribution in [2.24, 2.45) is 0 Å². The number of hydrogen-bond acceptors (Lipinski definition) is 5. The molecular weight excluding hydrogens is 402 g/mol. The first kappa shape index (κ1) is 22.3. The monoisotopic (exact) mass is 431 g/mol. The SMILES string of the molecule is CCN(c1ccccc1)S(=O)(=O)c1cccc(C(=O)NCCCN2CCOCC2)c1. The van der Waals surface area contributed by atoms with Gasteiger partial charge in [0.1, 0.15) is 0 Å². The second kappa shape index (κ2) is 10.6. The molecule has 0 aliphatic carbocycles. The molecule has 0 spiro atoms. The summed E-state index contributed by atoms with van der Waals surface area (Å²) >= 11 is 0. The second-order valence-electron chi connectivity index (χ2n) is 7.10. The number of rotatable bonds is 9. The smallest absolute Gasteiger partial charge is 0.264 e. The maximum absolute atomic E-state index is 13.2. The minimum Gasteiger partial charge on any atom is -0.379 e. The summed E-state index contributed by atoms with van der Waals surface area (Å²) in [6.45, 7) is 6.88. The van der Waals surface area contributed by atoms with E-state index in [1.165, 1.54) is 16.4 Å². The molecule has 2 aromatic carbocycles. The number of anilines is 1. The van der Waals surface area contributed by atoms with Crippen LogP contribution in [-0.4, -0.2) is 65.2 Å². The second-order valence-corrected chi connectivity index (χ2v) is 8.96. The van der Waals surface area contributed by atoms with Crippen LogP contribution in [0.4, 0.5) is 5.69 Å². The number of ether oxygens (including phenoxy) is 1. The third-order valence-corrected chi connectivity index (χ3v) is 6.95. The Morgan fingerprint density at radius 1 is 1.10 bits per heavy atom. The van der Waals surface area contributed by atoms with Crippen LogP contribution in [0.1, 0.15) is 23.7 Å².